The lowest BCUT2D eigenvalue weighted by Crippen LogP contribution is -2.35. The fourth-order valence-electron chi connectivity index (χ4n) is 3.62. The van der Waals surface area contributed by atoms with E-state index in [1.54, 1.807) is 7.11 Å². The van der Waals surface area contributed by atoms with Crippen molar-refractivity contribution in [3.05, 3.63) is 101 Å². The number of nitrogens with zero attached hydrogens (tertiary/aromatic N) is 1. The predicted molar refractivity (Wildman–Crippen MR) is 122 cm³/mol. The van der Waals surface area contributed by atoms with Gasteiger partial charge in [-0.2, -0.15) is 0 Å². The van der Waals surface area contributed by atoms with Crippen LogP contribution in [0, 0.1) is 0 Å². The number of nitrogens with one attached hydrogen (secondary N) is 1. The maximum Gasteiger partial charge on any atom is 0.251 e. The van der Waals surface area contributed by atoms with E-state index in [0.29, 0.717) is 6.54 Å². The number of hydrogen-bond donors (Lipinski definition) is 1. The Bertz CT molecular complexity index is 954. The summed E-state index contributed by atoms with van der Waals surface area (Å²) in [7, 11) is 5.70. The van der Waals surface area contributed by atoms with Crippen LogP contribution < -0.4 is 10.1 Å². The molecule has 0 fully saturated rings. The Balaban J connectivity index is 1.69. The Labute approximate surface area is 179 Å². The van der Waals surface area contributed by atoms with Gasteiger partial charge in [-0.3, -0.25) is 4.79 Å². The smallest absolute Gasteiger partial charge is 0.251 e. The van der Waals surface area contributed by atoms with E-state index in [9.17, 15) is 4.79 Å². The standard InChI is InChI=1S/C26H30N2O2/c1-28(2)25(22-13-9-14-23(18-22)30-3)19-27-26(29)24-15-8-7-12-21(24)17-16-20-10-5-4-6-11-20/h4-15,18,25H,16-17,19H2,1-3H3,(H,27,29). The minimum absolute atomic E-state index is 0.0339. The van der Waals surface area contributed by atoms with Crippen LogP contribution in [0.5, 0.6) is 5.75 Å². The van der Waals surface area contributed by atoms with E-state index in [-0.39, 0.29) is 11.9 Å². The summed E-state index contributed by atoms with van der Waals surface area (Å²) >= 11 is 0. The van der Waals surface area contributed by atoms with Gasteiger partial charge < -0.3 is 15.0 Å². The van der Waals surface area contributed by atoms with Crippen LogP contribution in [0.3, 0.4) is 0 Å². The highest BCUT2D eigenvalue weighted by atomic mass is 16.5. The highest BCUT2D eigenvalue weighted by molar-refractivity contribution is 5.95. The number of likely N-dealkylation sites (N-methyl/N-ethyl adjacent to an activating group) is 1. The zero-order valence-electron chi connectivity index (χ0n) is 18.0. The Hall–Kier alpha value is -3.11. The number of carbonyl (C=O) groups excluding carboxylic acids is 1. The Morgan fingerprint density at radius 2 is 1.67 bits per heavy atom. The van der Waals surface area contributed by atoms with E-state index in [0.717, 1.165) is 35.3 Å². The van der Waals surface area contributed by atoms with E-state index in [4.69, 9.17) is 4.74 Å². The Kier molecular flexibility index (Phi) is 7.63. The lowest BCUT2D eigenvalue weighted by molar-refractivity contribution is 0.0941. The van der Waals surface area contributed by atoms with Gasteiger partial charge in [0, 0.05) is 12.1 Å². The average molecular weight is 403 g/mol. The van der Waals surface area contributed by atoms with Gasteiger partial charge in [0.05, 0.1) is 13.2 Å². The summed E-state index contributed by atoms with van der Waals surface area (Å²) in [5.74, 6) is 0.783. The molecule has 0 spiro atoms. The number of aryl methyl sites for hydroxylation is 2. The summed E-state index contributed by atoms with van der Waals surface area (Å²) in [5, 5.41) is 3.13. The second kappa shape index (κ2) is 10.6. The molecule has 3 rings (SSSR count). The van der Waals surface area contributed by atoms with Crippen LogP contribution >= 0.6 is 0 Å². The van der Waals surface area contributed by atoms with Crippen LogP contribution in [0.2, 0.25) is 0 Å². The van der Waals surface area contributed by atoms with E-state index in [2.05, 4.69) is 28.4 Å². The van der Waals surface area contributed by atoms with Gasteiger partial charge in [-0.1, -0.05) is 60.7 Å². The second-order valence-electron chi connectivity index (χ2n) is 7.61. The minimum atomic E-state index is -0.0339. The van der Waals surface area contributed by atoms with E-state index < -0.39 is 0 Å². The third-order valence-electron chi connectivity index (χ3n) is 5.35. The van der Waals surface area contributed by atoms with E-state index >= 15 is 0 Å². The van der Waals surface area contributed by atoms with E-state index in [1.807, 2.05) is 74.8 Å². The molecule has 1 N–H and O–H groups in total. The first kappa shape index (κ1) is 21.6. The fraction of sp³-hybridized carbons (Fsp3) is 0.269. The second-order valence-corrected chi connectivity index (χ2v) is 7.61. The van der Waals surface area contributed by atoms with Gasteiger partial charge in [0.2, 0.25) is 0 Å². The molecule has 3 aromatic carbocycles. The number of rotatable bonds is 9. The minimum Gasteiger partial charge on any atom is -0.497 e. The largest absolute Gasteiger partial charge is 0.497 e. The van der Waals surface area contributed by atoms with Gasteiger partial charge in [0.1, 0.15) is 5.75 Å². The van der Waals surface area contributed by atoms with Crippen molar-refractivity contribution in [2.24, 2.45) is 0 Å². The summed E-state index contributed by atoms with van der Waals surface area (Å²) < 4.78 is 5.35. The van der Waals surface area contributed by atoms with Crippen LogP contribution in [0.25, 0.3) is 0 Å². The number of amides is 1. The molecule has 1 atom stereocenters. The van der Waals surface area contributed by atoms with E-state index in [1.165, 1.54) is 5.56 Å². The molecule has 30 heavy (non-hydrogen) atoms. The zero-order chi connectivity index (χ0) is 21.3. The Morgan fingerprint density at radius 1 is 0.933 bits per heavy atom. The quantitative estimate of drug-likeness (QED) is 0.572. The number of benzene rings is 3. The molecule has 0 bridgehead atoms. The molecule has 0 aliphatic heterocycles. The molecule has 4 nitrogen and oxygen atoms in total. The first-order valence-corrected chi connectivity index (χ1v) is 10.3. The molecule has 0 aliphatic rings. The monoisotopic (exact) mass is 402 g/mol. The molecule has 1 amide bonds. The van der Waals surface area contributed by atoms with Gasteiger partial charge in [-0.15, -0.1) is 0 Å². The number of hydrogen-bond acceptors (Lipinski definition) is 3. The highest BCUT2D eigenvalue weighted by Crippen LogP contribution is 2.22. The van der Waals surface area contributed by atoms with Gasteiger partial charge in [-0.05, 0) is 61.8 Å². The van der Waals surface area contributed by atoms with Crippen LogP contribution in [-0.2, 0) is 12.8 Å². The van der Waals surface area contributed by atoms with Gasteiger partial charge in [0.25, 0.3) is 5.91 Å². The predicted octanol–water partition coefficient (Wildman–Crippen LogP) is 4.51. The summed E-state index contributed by atoms with van der Waals surface area (Å²) in [6.07, 6.45) is 1.75. The van der Waals surface area contributed by atoms with Crippen molar-refractivity contribution in [3.8, 4) is 5.75 Å². The fourth-order valence-corrected chi connectivity index (χ4v) is 3.62. The summed E-state index contributed by atoms with van der Waals surface area (Å²) in [4.78, 5) is 15.1. The topological polar surface area (TPSA) is 41.6 Å². The first-order valence-electron chi connectivity index (χ1n) is 10.3. The number of methoxy groups -OCH3 is 1. The van der Waals surface area contributed by atoms with Crippen molar-refractivity contribution in [2.45, 2.75) is 18.9 Å². The molecule has 1 unspecified atom stereocenters. The number of carbonyl (C=O) groups is 1. The summed E-state index contributed by atoms with van der Waals surface area (Å²) in [6, 6.07) is 26.3. The van der Waals surface area contributed by atoms with Crippen LogP contribution in [-0.4, -0.2) is 38.6 Å². The molecule has 3 aromatic rings. The molecule has 0 aromatic heterocycles. The molecule has 0 heterocycles. The number of ether oxygens (including phenoxy) is 1. The van der Waals surface area contributed by atoms with Crippen molar-refractivity contribution in [2.75, 3.05) is 27.7 Å². The third kappa shape index (κ3) is 5.71. The molecule has 4 heteroatoms. The van der Waals surface area contributed by atoms with Gasteiger partial charge >= 0.3 is 0 Å². The summed E-state index contributed by atoms with van der Waals surface area (Å²) in [5.41, 5.74) is 4.20. The lowest BCUT2D eigenvalue weighted by Gasteiger charge is -2.25. The molecule has 156 valence electrons. The van der Waals surface area contributed by atoms with Crippen molar-refractivity contribution >= 4 is 5.91 Å². The SMILES string of the molecule is COc1cccc(C(CNC(=O)c2ccccc2CCc2ccccc2)N(C)C)c1. The van der Waals surface area contributed by atoms with Gasteiger partial charge in [-0.25, -0.2) is 0 Å². The molecule has 0 saturated heterocycles. The van der Waals surface area contributed by atoms with Crippen LogP contribution in [0.4, 0.5) is 0 Å². The average Bonchev–Trinajstić information content (AvgIpc) is 2.78. The molecule has 0 aliphatic carbocycles. The summed E-state index contributed by atoms with van der Waals surface area (Å²) in [6.45, 7) is 0.520. The lowest BCUT2D eigenvalue weighted by atomic mass is 9.99. The normalized spacial score (nSPS) is 11.9. The van der Waals surface area contributed by atoms with Crippen LogP contribution in [0.15, 0.2) is 78.9 Å². The highest BCUT2D eigenvalue weighted by Gasteiger charge is 2.18. The van der Waals surface area contributed by atoms with Crippen molar-refractivity contribution in [1.82, 2.24) is 10.2 Å². The molecule has 0 saturated carbocycles. The Morgan fingerprint density at radius 3 is 2.40 bits per heavy atom. The molecule has 0 radical (unpaired) electrons. The first-order chi connectivity index (χ1) is 14.6. The van der Waals surface area contributed by atoms with Crippen molar-refractivity contribution in [1.29, 1.82) is 0 Å². The van der Waals surface area contributed by atoms with Gasteiger partial charge in [0.15, 0.2) is 0 Å². The molecular formula is C26H30N2O2. The van der Waals surface area contributed by atoms with Crippen molar-refractivity contribution < 1.29 is 9.53 Å². The maximum atomic E-state index is 13.0. The third-order valence-corrected chi connectivity index (χ3v) is 5.35. The van der Waals surface area contributed by atoms with Crippen molar-refractivity contribution in [3.63, 3.8) is 0 Å². The zero-order valence-corrected chi connectivity index (χ0v) is 18.0. The van der Waals surface area contributed by atoms with Crippen LogP contribution in [0.1, 0.15) is 33.1 Å². The molecular weight excluding hydrogens is 372 g/mol. The maximum absolute atomic E-state index is 13.0.